The summed E-state index contributed by atoms with van der Waals surface area (Å²) in [6.07, 6.45) is 0.239. The number of nitrogens with zero attached hydrogens (tertiary/aromatic N) is 1. The molecule has 1 heterocycles. The SMILES string of the molecule is O=C([O-])CC(=O)N1CCc2ccccc21.[Na+]. The normalized spacial score (nSPS) is 12.9. The van der Waals surface area contributed by atoms with E-state index in [4.69, 9.17) is 0 Å². The molecule has 0 atom stereocenters. The molecular weight excluding hydrogens is 217 g/mol. The average Bonchev–Trinajstić information content (AvgIpc) is 2.59. The van der Waals surface area contributed by atoms with Crippen molar-refractivity contribution < 1.29 is 44.3 Å². The molecule has 0 saturated carbocycles. The van der Waals surface area contributed by atoms with Gasteiger partial charge in [0.15, 0.2) is 0 Å². The molecular formula is C11H10NNaO3. The molecule has 0 saturated heterocycles. The van der Waals surface area contributed by atoms with Crippen molar-refractivity contribution in [1.82, 2.24) is 0 Å². The van der Waals surface area contributed by atoms with Crippen LogP contribution in [0.1, 0.15) is 12.0 Å². The van der Waals surface area contributed by atoms with Gasteiger partial charge in [-0.1, -0.05) is 18.2 Å². The van der Waals surface area contributed by atoms with Crippen LogP contribution in [0.2, 0.25) is 0 Å². The van der Waals surface area contributed by atoms with Crippen molar-refractivity contribution in [2.75, 3.05) is 11.4 Å². The topological polar surface area (TPSA) is 60.4 Å². The van der Waals surface area contributed by atoms with Crippen LogP contribution in [0.15, 0.2) is 24.3 Å². The molecule has 16 heavy (non-hydrogen) atoms. The Bertz CT molecular complexity index is 419. The van der Waals surface area contributed by atoms with Gasteiger partial charge < -0.3 is 14.8 Å². The molecule has 0 aliphatic carbocycles. The summed E-state index contributed by atoms with van der Waals surface area (Å²) in [6, 6.07) is 7.52. The van der Waals surface area contributed by atoms with Gasteiger partial charge in [0.25, 0.3) is 0 Å². The van der Waals surface area contributed by atoms with Crippen LogP contribution in [0.25, 0.3) is 0 Å². The van der Waals surface area contributed by atoms with E-state index in [1.54, 1.807) is 0 Å². The minimum atomic E-state index is -1.33. The number of rotatable bonds is 2. The molecule has 2 rings (SSSR count). The number of carboxylic acid groups (broad SMARTS) is 1. The maximum Gasteiger partial charge on any atom is 1.00 e. The first kappa shape index (κ1) is 13.2. The molecule has 1 aromatic rings. The molecule has 0 N–H and O–H groups in total. The summed E-state index contributed by atoms with van der Waals surface area (Å²) in [6.45, 7) is 0.561. The van der Waals surface area contributed by atoms with Crippen molar-refractivity contribution in [2.24, 2.45) is 0 Å². The summed E-state index contributed by atoms with van der Waals surface area (Å²) in [5.41, 5.74) is 1.91. The molecule has 0 spiro atoms. The van der Waals surface area contributed by atoms with Crippen molar-refractivity contribution in [1.29, 1.82) is 0 Å². The molecule has 1 amide bonds. The van der Waals surface area contributed by atoms with Gasteiger partial charge in [0.2, 0.25) is 5.91 Å². The van der Waals surface area contributed by atoms with E-state index in [1.165, 1.54) is 4.90 Å². The van der Waals surface area contributed by atoms with E-state index in [-0.39, 0.29) is 29.6 Å². The third-order valence-corrected chi connectivity index (χ3v) is 2.48. The van der Waals surface area contributed by atoms with E-state index in [1.807, 2.05) is 24.3 Å². The van der Waals surface area contributed by atoms with Crippen LogP contribution in [0.4, 0.5) is 5.69 Å². The maximum atomic E-state index is 11.5. The number of aliphatic carboxylic acids is 1. The van der Waals surface area contributed by atoms with Crippen LogP contribution in [0.5, 0.6) is 0 Å². The second kappa shape index (κ2) is 5.48. The van der Waals surface area contributed by atoms with Gasteiger partial charge in [-0.2, -0.15) is 0 Å². The Morgan fingerprint density at radius 2 is 2.00 bits per heavy atom. The van der Waals surface area contributed by atoms with E-state index < -0.39 is 18.3 Å². The Morgan fingerprint density at radius 3 is 2.69 bits per heavy atom. The first-order chi connectivity index (χ1) is 7.18. The van der Waals surface area contributed by atoms with Gasteiger partial charge in [-0.25, -0.2) is 0 Å². The molecule has 0 fully saturated rings. The van der Waals surface area contributed by atoms with Crippen molar-refractivity contribution in [3.63, 3.8) is 0 Å². The minimum Gasteiger partial charge on any atom is -0.550 e. The van der Waals surface area contributed by atoms with Gasteiger partial charge in [-0.3, -0.25) is 4.79 Å². The number of hydrogen-bond acceptors (Lipinski definition) is 3. The van der Waals surface area contributed by atoms with Crippen molar-refractivity contribution in [3.8, 4) is 0 Å². The molecule has 4 nitrogen and oxygen atoms in total. The number of carbonyl (C=O) groups excluding carboxylic acids is 2. The fourth-order valence-corrected chi connectivity index (χ4v) is 1.82. The number of para-hydroxylation sites is 1. The van der Waals surface area contributed by atoms with E-state index >= 15 is 0 Å². The second-order valence-corrected chi connectivity index (χ2v) is 3.47. The predicted molar refractivity (Wildman–Crippen MR) is 52.1 cm³/mol. The Morgan fingerprint density at radius 1 is 1.31 bits per heavy atom. The van der Waals surface area contributed by atoms with Crippen LogP contribution in [0, 0.1) is 0 Å². The van der Waals surface area contributed by atoms with Gasteiger partial charge in [-0.15, -0.1) is 0 Å². The smallest absolute Gasteiger partial charge is 0.550 e. The van der Waals surface area contributed by atoms with Crippen LogP contribution in [-0.2, 0) is 16.0 Å². The quantitative estimate of drug-likeness (QED) is 0.393. The molecule has 1 aromatic carbocycles. The first-order valence-electron chi connectivity index (χ1n) is 4.76. The van der Waals surface area contributed by atoms with Gasteiger partial charge >= 0.3 is 29.6 Å². The predicted octanol–water partition coefficient (Wildman–Crippen LogP) is -3.28. The number of benzene rings is 1. The summed E-state index contributed by atoms with van der Waals surface area (Å²) in [5.74, 6) is -1.73. The van der Waals surface area contributed by atoms with Gasteiger partial charge in [0.05, 0.1) is 12.4 Å². The third-order valence-electron chi connectivity index (χ3n) is 2.48. The largest absolute Gasteiger partial charge is 1.00 e. The second-order valence-electron chi connectivity index (χ2n) is 3.47. The molecule has 0 unspecified atom stereocenters. The van der Waals surface area contributed by atoms with Crippen LogP contribution in [0.3, 0.4) is 0 Å². The summed E-state index contributed by atoms with van der Waals surface area (Å²) in [7, 11) is 0. The Labute approximate surface area is 116 Å². The number of anilines is 1. The van der Waals surface area contributed by atoms with E-state index in [0.717, 1.165) is 17.7 Å². The summed E-state index contributed by atoms with van der Waals surface area (Å²) in [4.78, 5) is 23.3. The van der Waals surface area contributed by atoms with Gasteiger partial charge in [0, 0.05) is 12.2 Å². The van der Waals surface area contributed by atoms with E-state index in [9.17, 15) is 14.7 Å². The van der Waals surface area contributed by atoms with Crippen molar-refractivity contribution >= 4 is 17.6 Å². The van der Waals surface area contributed by atoms with E-state index in [0.29, 0.717) is 6.54 Å². The van der Waals surface area contributed by atoms with Gasteiger partial charge in [0.1, 0.15) is 0 Å². The van der Waals surface area contributed by atoms with Crippen molar-refractivity contribution in [3.05, 3.63) is 29.8 Å². The number of hydrogen-bond donors (Lipinski definition) is 0. The Kier molecular flexibility index (Phi) is 4.53. The number of carbonyl (C=O) groups is 2. The van der Waals surface area contributed by atoms with Crippen LogP contribution >= 0.6 is 0 Å². The fraction of sp³-hybridized carbons (Fsp3) is 0.273. The molecule has 78 valence electrons. The number of amides is 1. The molecule has 0 aromatic heterocycles. The Balaban J connectivity index is 0.00000128. The first-order valence-corrected chi connectivity index (χ1v) is 4.76. The summed E-state index contributed by atoms with van der Waals surface area (Å²) < 4.78 is 0. The van der Waals surface area contributed by atoms with Crippen molar-refractivity contribution in [2.45, 2.75) is 12.8 Å². The molecule has 0 radical (unpaired) electrons. The van der Waals surface area contributed by atoms with E-state index in [2.05, 4.69) is 0 Å². The molecule has 0 bridgehead atoms. The molecule has 1 aliphatic rings. The zero-order valence-electron chi connectivity index (χ0n) is 9.10. The van der Waals surface area contributed by atoms with Crippen LogP contribution < -0.4 is 39.6 Å². The monoisotopic (exact) mass is 227 g/mol. The van der Waals surface area contributed by atoms with Crippen LogP contribution in [-0.4, -0.2) is 18.4 Å². The fourth-order valence-electron chi connectivity index (χ4n) is 1.82. The molecule has 5 heteroatoms. The van der Waals surface area contributed by atoms with Gasteiger partial charge in [-0.05, 0) is 18.1 Å². The third kappa shape index (κ3) is 2.64. The standard InChI is InChI=1S/C11H11NO3.Na/c13-10(7-11(14)15)12-6-5-8-3-1-2-4-9(8)12;/h1-4H,5-7H2,(H,14,15);/q;+1/p-1. The number of fused-ring (bicyclic) bond motifs is 1. The maximum absolute atomic E-state index is 11.5. The zero-order chi connectivity index (χ0) is 10.8. The minimum absolute atomic E-state index is 0. The Hall–Kier alpha value is -0.840. The average molecular weight is 227 g/mol. The number of carboxylic acids is 1. The summed E-state index contributed by atoms with van der Waals surface area (Å²) >= 11 is 0. The molecule has 1 aliphatic heterocycles. The zero-order valence-corrected chi connectivity index (χ0v) is 11.1. The summed E-state index contributed by atoms with van der Waals surface area (Å²) in [5, 5.41) is 10.3.